The van der Waals surface area contributed by atoms with Crippen molar-refractivity contribution in [1.82, 2.24) is 9.97 Å². The number of rotatable bonds is 4. The summed E-state index contributed by atoms with van der Waals surface area (Å²) in [5.41, 5.74) is 1.17. The van der Waals surface area contributed by atoms with Crippen LogP contribution in [0.2, 0.25) is 0 Å². The molecule has 2 atom stereocenters. The van der Waals surface area contributed by atoms with Gasteiger partial charge in [-0.05, 0) is 39.0 Å². The van der Waals surface area contributed by atoms with Crippen LogP contribution in [0, 0.1) is 12.8 Å². The monoisotopic (exact) mass is 276 g/mol. The van der Waals surface area contributed by atoms with Crippen molar-refractivity contribution < 1.29 is 0 Å². The molecule has 1 saturated heterocycles. The molecule has 2 rings (SSSR count). The molecular formula is C16H28N4. The second-order valence-electron chi connectivity index (χ2n) is 5.99. The standard InChI is InChI=1S/C16H28N4/c1-6-8-14-18-15(17-5)12(3)16(19-14)20-10-7-9-11(2)13(20)4/h11,13H,6-10H2,1-5H3,(H,17,18,19). The number of hydrogen-bond acceptors (Lipinski definition) is 4. The van der Waals surface area contributed by atoms with Crippen molar-refractivity contribution in [3.8, 4) is 0 Å². The molecule has 4 nitrogen and oxygen atoms in total. The number of aromatic nitrogens is 2. The van der Waals surface area contributed by atoms with Gasteiger partial charge < -0.3 is 10.2 Å². The van der Waals surface area contributed by atoms with Crippen molar-refractivity contribution in [1.29, 1.82) is 0 Å². The van der Waals surface area contributed by atoms with Gasteiger partial charge in [0.1, 0.15) is 17.5 Å². The van der Waals surface area contributed by atoms with E-state index in [1.165, 1.54) is 18.4 Å². The fourth-order valence-corrected chi connectivity index (χ4v) is 3.04. The third-order valence-corrected chi connectivity index (χ3v) is 4.52. The van der Waals surface area contributed by atoms with Crippen LogP contribution in [0.15, 0.2) is 0 Å². The molecule has 0 aromatic carbocycles. The van der Waals surface area contributed by atoms with Crippen LogP contribution in [-0.2, 0) is 6.42 Å². The van der Waals surface area contributed by atoms with Crippen molar-refractivity contribution in [2.45, 2.75) is 59.4 Å². The van der Waals surface area contributed by atoms with Crippen LogP contribution in [0.3, 0.4) is 0 Å². The lowest BCUT2D eigenvalue weighted by atomic mass is 9.92. The lowest BCUT2D eigenvalue weighted by Gasteiger charge is -2.39. The van der Waals surface area contributed by atoms with Crippen LogP contribution in [0.4, 0.5) is 11.6 Å². The van der Waals surface area contributed by atoms with Gasteiger partial charge in [0.05, 0.1) is 0 Å². The summed E-state index contributed by atoms with van der Waals surface area (Å²) in [6.07, 6.45) is 4.60. The van der Waals surface area contributed by atoms with Gasteiger partial charge in [-0.3, -0.25) is 0 Å². The van der Waals surface area contributed by atoms with E-state index >= 15 is 0 Å². The summed E-state index contributed by atoms with van der Waals surface area (Å²) in [5, 5.41) is 3.22. The average Bonchev–Trinajstić information content (AvgIpc) is 2.44. The Bertz CT molecular complexity index is 458. The number of nitrogens with zero attached hydrogens (tertiary/aromatic N) is 3. The van der Waals surface area contributed by atoms with E-state index in [0.29, 0.717) is 6.04 Å². The predicted molar refractivity (Wildman–Crippen MR) is 85.5 cm³/mol. The molecule has 1 aromatic heterocycles. The van der Waals surface area contributed by atoms with E-state index < -0.39 is 0 Å². The Labute approximate surface area is 123 Å². The van der Waals surface area contributed by atoms with E-state index in [-0.39, 0.29) is 0 Å². The maximum absolute atomic E-state index is 4.85. The lowest BCUT2D eigenvalue weighted by Crippen LogP contribution is -2.43. The first-order chi connectivity index (χ1) is 9.58. The molecule has 1 aliphatic rings. The zero-order valence-electron chi connectivity index (χ0n) is 13.5. The largest absolute Gasteiger partial charge is 0.373 e. The van der Waals surface area contributed by atoms with Gasteiger partial charge in [0, 0.05) is 31.6 Å². The molecule has 112 valence electrons. The molecule has 1 fully saturated rings. The maximum Gasteiger partial charge on any atom is 0.137 e. The third-order valence-electron chi connectivity index (χ3n) is 4.52. The Morgan fingerprint density at radius 3 is 2.70 bits per heavy atom. The van der Waals surface area contributed by atoms with Crippen molar-refractivity contribution in [2.24, 2.45) is 5.92 Å². The van der Waals surface area contributed by atoms with E-state index in [1.807, 2.05) is 7.05 Å². The highest BCUT2D eigenvalue weighted by Crippen LogP contribution is 2.31. The van der Waals surface area contributed by atoms with Crippen molar-refractivity contribution in [2.75, 3.05) is 23.8 Å². The molecule has 0 aliphatic carbocycles. The van der Waals surface area contributed by atoms with Crippen LogP contribution < -0.4 is 10.2 Å². The van der Waals surface area contributed by atoms with Crippen molar-refractivity contribution >= 4 is 11.6 Å². The predicted octanol–water partition coefficient (Wildman–Crippen LogP) is 3.40. The molecular weight excluding hydrogens is 248 g/mol. The Morgan fingerprint density at radius 1 is 1.30 bits per heavy atom. The molecule has 20 heavy (non-hydrogen) atoms. The number of nitrogens with one attached hydrogen (secondary N) is 1. The smallest absolute Gasteiger partial charge is 0.137 e. The first kappa shape index (κ1) is 15.1. The molecule has 2 unspecified atom stereocenters. The number of piperidine rings is 1. The number of hydrogen-bond donors (Lipinski definition) is 1. The molecule has 1 aromatic rings. The normalized spacial score (nSPS) is 22.9. The van der Waals surface area contributed by atoms with E-state index in [1.54, 1.807) is 0 Å². The van der Waals surface area contributed by atoms with Gasteiger partial charge in [-0.25, -0.2) is 9.97 Å². The molecule has 0 saturated carbocycles. The van der Waals surface area contributed by atoms with Gasteiger partial charge in [0.2, 0.25) is 0 Å². The summed E-state index contributed by atoms with van der Waals surface area (Å²) < 4.78 is 0. The molecule has 1 aliphatic heterocycles. The van der Waals surface area contributed by atoms with Gasteiger partial charge >= 0.3 is 0 Å². The minimum Gasteiger partial charge on any atom is -0.373 e. The second kappa shape index (κ2) is 6.42. The first-order valence-corrected chi connectivity index (χ1v) is 7.90. The molecule has 1 N–H and O–H groups in total. The Kier molecular flexibility index (Phi) is 4.84. The summed E-state index contributed by atoms with van der Waals surface area (Å²) >= 11 is 0. The molecule has 0 bridgehead atoms. The molecule has 0 radical (unpaired) electrons. The van der Waals surface area contributed by atoms with Crippen LogP contribution in [0.25, 0.3) is 0 Å². The highest BCUT2D eigenvalue weighted by atomic mass is 15.2. The maximum atomic E-state index is 4.85. The van der Waals surface area contributed by atoms with Crippen LogP contribution in [0.1, 0.15) is 51.4 Å². The fourth-order valence-electron chi connectivity index (χ4n) is 3.04. The van der Waals surface area contributed by atoms with E-state index in [4.69, 9.17) is 4.98 Å². The summed E-state index contributed by atoms with van der Waals surface area (Å²) in [7, 11) is 1.94. The van der Waals surface area contributed by atoms with Crippen molar-refractivity contribution in [3.63, 3.8) is 0 Å². The number of anilines is 2. The van der Waals surface area contributed by atoms with Gasteiger partial charge in [0.25, 0.3) is 0 Å². The van der Waals surface area contributed by atoms with Crippen molar-refractivity contribution in [3.05, 3.63) is 11.4 Å². The summed E-state index contributed by atoms with van der Waals surface area (Å²) in [5.74, 6) is 3.80. The van der Waals surface area contributed by atoms with Crippen LogP contribution in [-0.4, -0.2) is 29.6 Å². The third kappa shape index (κ3) is 2.89. The Balaban J connectivity index is 2.40. The van der Waals surface area contributed by atoms with E-state index in [2.05, 4.69) is 42.9 Å². The van der Waals surface area contributed by atoms with Gasteiger partial charge in [-0.1, -0.05) is 13.8 Å². The highest BCUT2D eigenvalue weighted by Gasteiger charge is 2.27. The Hall–Kier alpha value is -1.32. The minimum absolute atomic E-state index is 0.552. The zero-order valence-corrected chi connectivity index (χ0v) is 13.5. The molecule has 2 heterocycles. The minimum atomic E-state index is 0.552. The van der Waals surface area contributed by atoms with E-state index in [0.717, 1.165) is 42.8 Å². The van der Waals surface area contributed by atoms with Crippen LogP contribution in [0.5, 0.6) is 0 Å². The first-order valence-electron chi connectivity index (χ1n) is 7.90. The van der Waals surface area contributed by atoms with Gasteiger partial charge in [-0.15, -0.1) is 0 Å². The van der Waals surface area contributed by atoms with E-state index in [9.17, 15) is 0 Å². The highest BCUT2D eigenvalue weighted by molar-refractivity contribution is 5.59. The lowest BCUT2D eigenvalue weighted by molar-refractivity contribution is 0.361. The SMILES string of the molecule is CCCc1nc(NC)c(C)c(N2CCCC(C)C2C)n1. The summed E-state index contributed by atoms with van der Waals surface area (Å²) in [4.78, 5) is 12.0. The molecule has 0 amide bonds. The summed E-state index contributed by atoms with van der Waals surface area (Å²) in [6, 6.07) is 0.552. The number of aryl methyl sites for hydroxylation is 1. The zero-order chi connectivity index (χ0) is 14.7. The quantitative estimate of drug-likeness (QED) is 0.915. The van der Waals surface area contributed by atoms with Crippen LogP contribution >= 0.6 is 0 Å². The summed E-state index contributed by atoms with van der Waals surface area (Å²) in [6.45, 7) is 10.1. The average molecular weight is 276 g/mol. The van der Waals surface area contributed by atoms with Gasteiger partial charge in [-0.2, -0.15) is 0 Å². The molecule has 0 spiro atoms. The van der Waals surface area contributed by atoms with Gasteiger partial charge in [0.15, 0.2) is 0 Å². The Morgan fingerprint density at radius 2 is 2.05 bits per heavy atom. The second-order valence-corrected chi connectivity index (χ2v) is 5.99. The molecule has 4 heteroatoms. The topological polar surface area (TPSA) is 41.1 Å². The fraction of sp³-hybridized carbons (Fsp3) is 0.750.